The zero-order valence-corrected chi connectivity index (χ0v) is 11.6. The fourth-order valence-corrected chi connectivity index (χ4v) is 1.92. The van der Waals surface area contributed by atoms with Gasteiger partial charge in [0, 0.05) is 6.07 Å². The molecule has 6 heteroatoms. The van der Waals surface area contributed by atoms with E-state index in [-0.39, 0.29) is 11.9 Å². The Bertz CT molecular complexity index is 570. The number of nitrogen functional groups attached to an aromatic ring is 1. The second kappa shape index (κ2) is 4.97. The van der Waals surface area contributed by atoms with Gasteiger partial charge in [-0.2, -0.15) is 0 Å². The summed E-state index contributed by atoms with van der Waals surface area (Å²) in [5, 5.41) is 3.07. The van der Waals surface area contributed by atoms with Crippen molar-refractivity contribution in [1.82, 2.24) is 4.98 Å². The van der Waals surface area contributed by atoms with Gasteiger partial charge in [0.15, 0.2) is 0 Å². The first-order chi connectivity index (χ1) is 8.47. The average molecular weight is 314 g/mol. The molecule has 0 aliphatic rings. The molecule has 0 radical (unpaired) electrons. The number of oxazole rings is 1. The standard InChI is InChI=1S/C12H13BrFN3O/c1-6-5-16-12(18-6)7(2)17-11-4-9(14)8(13)3-10(11)15/h3-5,7,17H,15H2,1-2H3. The lowest BCUT2D eigenvalue weighted by molar-refractivity contribution is 0.453. The highest BCUT2D eigenvalue weighted by Crippen LogP contribution is 2.29. The Morgan fingerprint density at radius 3 is 2.83 bits per heavy atom. The van der Waals surface area contributed by atoms with E-state index in [2.05, 4.69) is 26.2 Å². The predicted molar refractivity (Wildman–Crippen MR) is 71.8 cm³/mol. The van der Waals surface area contributed by atoms with Crippen molar-refractivity contribution < 1.29 is 8.81 Å². The van der Waals surface area contributed by atoms with Gasteiger partial charge in [-0.1, -0.05) is 0 Å². The van der Waals surface area contributed by atoms with Gasteiger partial charge in [-0.05, 0) is 35.8 Å². The summed E-state index contributed by atoms with van der Waals surface area (Å²) in [5.41, 5.74) is 6.78. The van der Waals surface area contributed by atoms with Crippen LogP contribution >= 0.6 is 15.9 Å². The molecular formula is C12H13BrFN3O. The molecule has 0 saturated heterocycles. The van der Waals surface area contributed by atoms with Gasteiger partial charge >= 0.3 is 0 Å². The van der Waals surface area contributed by atoms with Gasteiger partial charge in [0.05, 0.1) is 22.0 Å². The maximum Gasteiger partial charge on any atom is 0.216 e. The number of hydrogen-bond acceptors (Lipinski definition) is 4. The fraction of sp³-hybridized carbons (Fsp3) is 0.250. The molecule has 1 aromatic carbocycles. The number of anilines is 2. The van der Waals surface area contributed by atoms with Crippen molar-refractivity contribution in [2.24, 2.45) is 0 Å². The van der Waals surface area contributed by atoms with Crippen LogP contribution in [0.5, 0.6) is 0 Å². The van der Waals surface area contributed by atoms with E-state index >= 15 is 0 Å². The first-order valence-electron chi connectivity index (χ1n) is 5.40. The third-order valence-corrected chi connectivity index (χ3v) is 3.08. The molecule has 0 spiro atoms. The zero-order chi connectivity index (χ0) is 13.3. The van der Waals surface area contributed by atoms with Gasteiger partial charge in [0.1, 0.15) is 17.6 Å². The first-order valence-corrected chi connectivity index (χ1v) is 6.20. The van der Waals surface area contributed by atoms with Crippen LogP contribution in [0.25, 0.3) is 0 Å². The molecule has 2 rings (SSSR count). The van der Waals surface area contributed by atoms with Crippen LogP contribution in [0.2, 0.25) is 0 Å². The lowest BCUT2D eigenvalue weighted by atomic mass is 10.2. The van der Waals surface area contributed by atoms with E-state index in [1.54, 1.807) is 6.20 Å². The van der Waals surface area contributed by atoms with Gasteiger partial charge in [0.2, 0.25) is 5.89 Å². The van der Waals surface area contributed by atoms with Crippen LogP contribution in [-0.4, -0.2) is 4.98 Å². The smallest absolute Gasteiger partial charge is 0.216 e. The summed E-state index contributed by atoms with van der Waals surface area (Å²) in [6.45, 7) is 3.68. The molecule has 4 nitrogen and oxygen atoms in total. The Kier molecular flexibility index (Phi) is 3.56. The number of aromatic nitrogens is 1. The number of hydrogen-bond donors (Lipinski definition) is 2. The molecule has 3 N–H and O–H groups in total. The molecule has 0 saturated carbocycles. The molecule has 1 heterocycles. The summed E-state index contributed by atoms with van der Waals surface area (Å²) in [4.78, 5) is 4.11. The monoisotopic (exact) mass is 313 g/mol. The molecule has 18 heavy (non-hydrogen) atoms. The number of rotatable bonds is 3. The van der Waals surface area contributed by atoms with Crippen molar-refractivity contribution in [3.8, 4) is 0 Å². The van der Waals surface area contributed by atoms with Gasteiger partial charge in [-0.15, -0.1) is 0 Å². The molecule has 2 aromatic rings. The molecule has 1 unspecified atom stereocenters. The molecular weight excluding hydrogens is 301 g/mol. The topological polar surface area (TPSA) is 64.1 Å². The van der Waals surface area contributed by atoms with Crippen LogP contribution in [0.3, 0.4) is 0 Å². The van der Waals surface area contributed by atoms with Crippen molar-refractivity contribution in [3.05, 3.63) is 40.3 Å². The highest BCUT2D eigenvalue weighted by Gasteiger charge is 2.14. The largest absolute Gasteiger partial charge is 0.444 e. The summed E-state index contributed by atoms with van der Waals surface area (Å²) in [6.07, 6.45) is 1.64. The molecule has 0 aliphatic carbocycles. The summed E-state index contributed by atoms with van der Waals surface area (Å²) in [7, 11) is 0. The Morgan fingerprint density at radius 1 is 1.50 bits per heavy atom. The molecule has 1 atom stereocenters. The quantitative estimate of drug-likeness (QED) is 0.849. The maximum atomic E-state index is 13.4. The number of nitrogens with one attached hydrogen (secondary N) is 1. The average Bonchev–Trinajstić information content (AvgIpc) is 2.73. The van der Waals surface area contributed by atoms with E-state index in [4.69, 9.17) is 10.2 Å². The summed E-state index contributed by atoms with van der Waals surface area (Å²) in [5.74, 6) is 0.895. The Balaban J connectivity index is 2.21. The predicted octanol–water partition coefficient (Wildman–Crippen LogP) is 3.64. The second-order valence-electron chi connectivity index (χ2n) is 4.03. The minimum Gasteiger partial charge on any atom is -0.444 e. The van der Waals surface area contributed by atoms with Gasteiger partial charge in [0.25, 0.3) is 0 Å². The highest BCUT2D eigenvalue weighted by atomic mass is 79.9. The van der Waals surface area contributed by atoms with Crippen molar-refractivity contribution >= 4 is 27.3 Å². The normalized spacial score (nSPS) is 12.4. The van der Waals surface area contributed by atoms with Crippen LogP contribution < -0.4 is 11.1 Å². The van der Waals surface area contributed by atoms with Gasteiger partial charge in [-0.3, -0.25) is 0 Å². The van der Waals surface area contributed by atoms with Crippen molar-refractivity contribution in [3.63, 3.8) is 0 Å². The first kappa shape index (κ1) is 12.9. The summed E-state index contributed by atoms with van der Waals surface area (Å²) >= 11 is 3.08. The van der Waals surface area contributed by atoms with Crippen LogP contribution in [0.1, 0.15) is 24.6 Å². The summed E-state index contributed by atoms with van der Waals surface area (Å²) < 4.78 is 19.2. The SMILES string of the molecule is Cc1cnc(C(C)Nc2cc(F)c(Br)cc2N)o1. The number of nitrogens with zero attached hydrogens (tertiary/aromatic N) is 1. The fourth-order valence-electron chi connectivity index (χ4n) is 1.55. The second-order valence-corrected chi connectivity index (χ2v) is 4.88. The lowest BCUT2D eigenvalue weighted by Crippen LogP contribution is -2.09. The van der Waals surface area contributed by atoms with Gasteiger partial charge in [-0.25, -0.2) is 9.37 Å². The van der Waals surface area contributed by atoms with Crippen molar-refractivity contribution in [1.29, 1.82) is 0 Å². The number of aryl methyl sites for hydroxylation is 1. The molecule has 96 valence electrons. The highest BCUT2D eigenvalue weighted by molar-refractivity contribution is 9.10. The van der Waals surface area contributed by atoms with Crippen molar-refractivity contribution in [2.45, 2.75) is 19.9 Å². The minimum atomic E-state index is -0.373. The minimum absolute atomic E-state index is 0.193. The third-order valence-electron chi connectivity index (χ3n) is 2.47. The van der Waals surface area contributed by atoms with E-state index in [1.165, 1.54) is 12.1 Å². The molecule has 0 bridgehead atoms. The van der Waals surface area contributed by atoms with E-state index < -0.39 is 0 Å². The van der Waals surface area contributed by atoms with Crippen molar-refractivity contribution in [2.75, 3.05) is 11.1 Å². The maximum absolute atomic E-state index is 13.4. The van der Waals surface area contributed by atoms with Crippen LogP contribution in [0.15, 0.2) is 27.2 Å². The Hall–Kier alpha value is -1.56. The number of benzene rings is 1. The zero-order valence-electron chi connectivity index (χ0n) is 10.00. The molecule has 0 aliphatic heterocycles. The molecule has 1 aromatic heterocycles. The van der Waals surface area contributed by atoms with E-state index in [9.17, 15) is 4.39 Å². The number of halogens is 2. The van der Waals surface area contributed by atoms with Crippen LogP contribution in [0, 0.1) is 12.7 Å². The number of nitrogens with two attached hydrogens (primary N) is 1. The lowest BCUT2D eigenvalue weighted by Gasteiger charge is -2.14. The molecule has 0 fully saturated rings. The third kappa shape index (κ3) is 2.64. The Morgan fingerprint density at radius 2 is 2.22 bits per heavy atom. The van der Waals surface area contributed by atoms with Gasteiger partial charge < -0.3 is 15.5 Å². The summed E-state index contributed by atoms with van der Waals surface area (Å²) in [6, 6.07) is 2.67. The Labute approximate surface area is 113 Å². The van der Waals surface area contributed by atoms with Crippen LogP contribution in [-0.2, 0) is 0 Å². The molecule has 0 amide bonds. The van der Waals surface area contributed by atoms with E-state index in [0.29, 0.717) is 21.7 Å². The van der Waals surface area contributed by atoms with Crippen LogP contribution in [0.4, 0.5) is 15.8 Å². The van der Waals surface area contributed by atoms with E-state index in [0.717, 1.165) is 5.76 Å². The van der Waals surface area contributed by atoms with E-state index in [1.807, 2.05) is 13.8 Å².